The van der Waals surface area contributed by atoms with Gasteiger partial charge in [0, 0.05) is 0 Å². The Kier molecular flexibility index (Phi) is 16.5. The Balaban J connectivity index is 3.38. The highest BCUT2D eigenvalue weighted by molar-refractivity contribution is 5.19. The average Bonchev–Trinajstić information content (AvgIpc) is 2.52. The quantitative estimate of drug-likeness (QED) is 0.208. The molecule has 22 heavy (non-hydrogen) atoms. The monoisotopic (exact) mass is 306 g/mol. The highest BCUT2D eigenvalue weighted by atomic mass is 16.3. The average molecular weight is 306 g/mol. The molecule has 0 saturated heterocycles. The maximum atomic E-state index is 9.46. The highest BCUT2D eigenvalue weighted by Crippen LogP contribution is 2.11. The lowest BCUT2D eigenvalue weighted by molar-refractivity contribution is 0.432. The summed E-state index contributed by atoms with van der Waals surface area (Å²) in [5.41, 5.74) is 0. The van der Waals surface area contributed by atoms with Crippen LogP contribution in [0.1, 0.15) is 77.6 Å². The third-order valence-corrected chi connectivity index (χ3v) is 3.59. The molecule has 0 aromatic rings. The van der Waals surface area contributed by atoms with Crippen LogP contribution in [0.3, 0.4) is 0 Å². The van der Waals surface area contributed by atoms with Gasteiger partial charge in [0.1, 0.15) is 5.76 Å². The number of unbranched alkanes of at least 4 members (excludes halogenated alkanes) is 10. The fraction of sp³-hybridized carbons (Fsp3) is 0.600. The summed E-state index contributed by atoms with van der Waals surface area (Å²) in [5, 5.41) is 17.9. The molecule has 0 aromatic carbocycles. The summed E-state index contributed by atoms with van der Waals surface area (Å²) in [7, 11) is 0. The molecule has 0 unspecified atom stereocenters. The van der Waals surface area contributed by atoms with Crippen molar-refractivity contribution in [2.24, 2.45) is 0 Å². The largest absolute Gasteiger partial charge is 0.516 e. The second kappa shape index (κ2) is 17.6. The van der Waals surface area contributed by atoms with Crippen molar-refractivity contribution < 1.29 is 10.2 Å². The zero-order valence-electron chi connectivity index (χ0n) is 14.2. The molecule has 0 bridgehead atoms. The van der Waals surface area contributed by atoms with Gasteiger partial charge in [0.15, 0.2) is 0 Å². The zero-order chi connectivity index (χ0) is 16.3. The van der Waals surface area contributed by atoms with Gasteiger partial charge in [0.25, 0.3) is 0 Å². The molecule has 0 saturated carbocycles. The van der Waals surface area contributed by atoms with E-state index in [1.54, 1.807) is 12.2 Å². The minimum absolute atomic E-state index is 0.192. The molecule has 0 rings (SSSR count). The number of allylic oxidation sites excluding steroid dienone is 6. The number of hydrogen-bond donors (Lipinski definition) is 2. The molecule has 2 N–H and O–H groups in total. The van der Waals surface area contributed by atoms with E-state index in [0.29, 0.717) is 0 Å². The number of rotatable bonds is 14. The summed E-state index contributed by atoms with van der Waals surface area (Å²) < 4.78 is 0. The highest BCUT2D eigenvalue weighted by Gasteiger charge is 1.91. The van der Waals surface area contributed by atoms with Crippen LogP contribution >= 0.6 is 0 Å². The molecule has 0 radical (unpaired) electrons. The van der Waals surface area contributed by atoms with Crippen molar-refractivity contribution in [1.29, 1.82) is 0 Å². The fourth-order valence-corrected chi connectivity index (χ4v) is 2.27. The lowest BCUT2D eigenvalue weighted by atomic mass is 10.1. The van der Waals surface area contributed by atoms with Crippen LogP contribution in [0.2, 0.25) is 0 Å². The topological polar surface area (TPSA) is 40.5 Å². The van der Waals surface area contributed by atoms with Crippen molar-refractivity contribution >= 4 is 0 Å². The van der Waals surface area contributed by atoms with Crippen molar-refractivity contribution in [3.63, 3.8) is 0 Å². The molecule has 2 heteroatoms. The third-order valence-electron chi connectivity index (χ3n) is 3.59. The summed E-state index contributed by atoms with van der Waals surface area (Å²) >= 11 is 0. The van der Waals surface area contributed by atoms with Gasteiger partial charge in [0.05, 0.1) is 6.26 Å². The molecule has 126 valence electrons. The van der Waals surface area contributed by atoms with Gasteiger partial charge in [-0.2, -0.15) is 0 Å². The van der Waals surface area contributed by atoms with Crippen molar-refractivity contribution in [2.75, 3.05) is 0 Å². The Labute approximate surface area is 137 Å². The minimum atomic E-state index is 0.192. The second-order valence-electron chi connectivity index (χ2n) is 5.69. The van der Waals surface area contributed by atoms with Crippen LogP contribution in [0.15, 0.2) is 48.5 Å². The van der Waals surface area contributed by atoms with Crippen molar-refractivity contribution in [2.45, 2.75) is 77.6 Å². The smallest absolute Gasteiger partial charge is 0.115 e. The molecule has 0 spiro atoms. The van der Waals surface area contributed by atoms with Crippen LogP contribution in [-0.2, 0) is 0 Å². The number of hydrogen-bond acceptors (Lipinski definition) is 2. The lowest BCUT2D eigenvalue weighted by Crippen LogP contribution is -1.81. The molecule has 0 heterocycles. The molecule has 0 aliphatic heterocycles. The third kappa shape index (κ3) is 16.6. The van der Waals surface area contributed by atoms with Crippen molar-refractivity contribution in [3.05, 3.63) is 48.5 Å². The maximum absolute atomic E-state index is 9.46. The van der Waals surface area contributed by atoms with E-state index in [1.165, 1.54) is 76.4 Å². The minimum Gasteiger partial charge on any atom is -0.516 e. The van der Waals surface area contributed by atoms with E-state index in [2.05, 4.69) is 13.0 Å². The summed E-state index contributed by atoms with van der Waals surface area (Å²) in [6.45, 7) is 2.26. The molecular formula is C20H34O2. The Hall–Kier alpha value is -1.44. The SMILES string of the molecule is CCCCCCCCCCCCC=CC=C(O)C=CC=CO. The van der Waals surface area contributed by atoms with E-state index in [-0.39, 0.29) is 5.76 Å². The summed E-state index contributed by atoms with van der Waals surface area (Å²) in [6.07, 6.45) is 25.8. The number of aliphatic hydroxyl groups excluding tert-OH is 2. The van der Waals surface area contributed by atoms with Crippen LogP contribution < -0.4 is 0 Å². The van der Waals surface area contributed by atoms with E-state index < -0.39 is 0 Å². The van der Waals surface area contributed by atoms with Gasteiger partial charge in [-0.15, -0.1) is 0 Å². The van der Waals surface area contributed by atoms with Crippen LogP contribution in [0.4, 0.5) is 0 Å². The van der Waals surface area contributed by atoms with E-state index >= 15 is 0 Å². The lowest BCUT2D eigenvalue weighted by Gasteiger charge is -2.01. The van der Waals surface area contributed by atoms with Gasteiger partial charge in [-0.05, 0) is 31.1 Å². The Morgan fingerprint density at radius 2 is 1.36 bits per heavy atom. The van der Waals surface area contributed by atoms with Gasteiger partial charge in [-0.3, -0.25) is 0 Å². The predicted molar refractivity (Wildman–Crippen MR) is 97.2 cm³/mol. The second-order valence-corrected chi connectivity index (χ2v) is 5.69. The first-order valence-electron chi connectivity index (χ1n) is 8.84. The fourth-order valence-electron chi connectivity index (χ4n) is 2.27. The Morgan fingerprint density at radius 3 is 1.95 bits per heavy atom. The molecule has 0 fully saturated rings. The zero-order valence-corrected chi connectivity index (χ0v) is 14.2. The summed E-state index contributed by atoms with van der Waals surface area (Å²) in [5.74, 6) is 0.192. The molecular weight excluding hydrogens is 272 g/mol. The van der Waals surface area contributed by atoms with Crippen LogP contribution in [-0.4, -0.2) is 10.2 Å². The van der Waals surface area contributed by atoms with E-state index in [4.69, 9.17) is 5.11 Å². The van der Waals surface area contributed by atoms with Crippen molar-refractivity contribution in [3.8, 4) is 0 Å². The van der Waals surface area contributed by atoms with E-state index in [0.717, 1.165) is 12.7 Å². The Bertz CT molecular complexity index is 338. The van der Waals surface area contributed by atoms with Gasteiger partial charge >= 0.3 is 0 Å². The first kappa shape index (κ1) is 20.6. The molecule has 0 aromatic heterocycles. The molecule has 2 nitrogen and oxygen atoms in total. The van der Waals surface area contributed by atoms with Crippen molar-refractivity contribution in [1.82, 2.24) is 0 Å². The normalized spacial score (nSPS) is 13.0. The van der Waals surface area contributed by atoms with Gasteiger partial charge in [-0.1, -0.05) is 82.9 Å². The van der Waals surface area contributed by atoms with Gasteiger partial charge in [-0.25, -0.2) is 0 Å². The first-order valence-corrected chi connectivity index (χ1v) is 8.84. The van der Waals surface area contributed by atoms with Crippen LogP contribution in [0.5, 0.6) is 0 Å². The number of aliphatic hydroxyl groups is 2. The summed E-state index contributed by atoms with van der Waals surface area (Å²) in [6, 6.07) is 0. The predicted octanol–water partition coefficient (Wildman–Crippen LogP) is 6.92. The maximum Gasteiger partial charge on any atom is 0.115 e. The van der Waals surface area contributed by atoms with E-state index in [9.17, 15) is 5.11 Å². The molecule has 0 atom stereocenters. The van der Waals surface area contributed by atoms with E-state index in [1.807, 2.05) is 6.08 Å². The molecule has 0 aliphatic rings. The molecule has 0 amide bonds. The van der Waals surface area contributed by atoms with Gasteiger partial charge < -0.3 is 10.2 Å². The standard InChI is InChI=1S/C20H34O2/c1-2-3-4-5-6-7-8-9-10-11-12-13-14-17-20(22)18-15-16-19-21/h13-19,21-22H,2-12H2,1H3. The Morgan fingerprint density at radius 1 is 0.773 bits per heavy atom. The summed E-state index contributed by atoms with van der Waals surface area (Å²) in [4.78, 5) is 0. The molecule has 0 aliphatic carbocycles. The van der Waals surface area contributed by atoms with Crippen LogP contribution in [0, 0.1) is 0 Å². The van der Waals surface area contributed by atoms with Crippen LogP contribution in [0.25, 0.3) is 0 Å². The first-order chi connectivity index (χ1) is 10.8. The van der Waals surface area contributed by atoms with Gasteiger partial charge in [0.2, 0.25) is 0 Å².